The van der Waals surface area contributed by atoms with Crippen LogP contribution in [0.4, 0.5) is 11.4 Å². The van der Waals surface area contributed by atoms with Gasteiger partial charge in [-0.3, -0.25) is 9.59 Å². The van der Waals surface area contributed by atoms with Crippen LogP contribution in [0, 0.1) is 5.92 Å². The molecule has 1 N–H and O–H groups in total. The summed E-state index contributed by atoms with van der Waals surface area (Å²) in [5.41, 5.74) is 1.50. The molecular weight excluding hydrogens is 256 g/mol. The van der Waals surface area contributed by atoms with Gasteiger partial charge in [-0.15, -0.1) is 0 Å². The van der Waals surface area contributed by atoms with Crippen molar-refractivity contribution in [3.63, 3.8) is 0 Å². The summed E-state index contributed by atoms with van der Waals surface area (Å²) >= 11 is 0. The number of nitrogens with zero attached hydrogens (tertiary/aromatic N) is 1. The highest BCUT2D eigenvalue weighted by Gasteiger charge is 2.27. The first kappa shape index (κ1) is 13.1. The number of carbonyl (C=O) groups is 2. The number of rotatable bonds is 3. The average molecular weight is 274 g/mol. The van der Waals surface area contributed by atoms with E-state index in [1.165, 1.54) is 0 Å². The fourth-order valence-corrected chi connectivity index (χ4v) is 2.69. The van der Waals surface area contributed by atoms with E-state index in [2.05, 4.69) is 5.32 Å². The Hall–Kier alpha value is -1.88. The van der Waals surface area contributed by atoms with Gasteiger partial charge in [0, 0.05) is 19.6 Å². The second kappa shape index (κ2) is 5.63. The first-order chi connectivity index (χ1) is 9.75. The lowest BCUT2D eigenvalue weighted by molar-refractivity contribution is -0.120. The molecule has 0 bridgehead atoms. The van der Waals surface area contributed by atoms with Crippen molar-refractivity contribution in [2.75, 3.05) is 30.0 Å². The number of nitrogens with one attached hydrogen (secondary N) is 1. The van der Waals surface area contributed by atoms with Crippen LogP contribution in [0.1, 0.15) is 19.3 Å². The third-order valence-electron chi connectivity index (χ3n) is 3.83. The highest BCUT2D eigenvalue weighted by Crippen LogP contribution is 2.30. The molecule has 0 aromatic heterocycles. The number of para-hydroxylation sites is 2. The maximum atomic E-state index is 12.2. The van der Waals surface area contributed by atoms with Crippen LogP contribution in [0.5, 0.6) is 0 Å². The van der Waals surface area contributed by atoms with Gasteiger partial charge >= 0.3 is 0 Å². The van der Waals surface area contributed by atoms with E-state index in [1.807, 2.05) is 24.3 Å². The molecule has 5 nitrogen and oxygen atoms in total. The monoisotopic (exact) mass is 274 g/mol. The normalized spacial score (nSPS) is 22.3. The summed E-state index contributed by atoms with van der Waals surface area (Å²) in [6, 6.07) is 7.47. The Balaban J connectivity index is 1.79. The highest BCUT2D eigenvalue weighted by molar-refractivity contribution is 6.02. The van der Waals surface area contributed by atoms with Crippen LogP contribution >= 0.6 is 0 Å². The van der Waals surface area contributed by atoms with Crippen LogP contribution in [-0.2, 0) is 14.3 Å². The molecule has 2 fully saturated rings. The van der Waals surface area contributed by atoms with Crippen molar-refractivity contribution in [1.82, 2.24) is 0 Å². The smallest absolute Gasteiger partial charge is 0.229 e. The van der Waals surface area contributed by atoms with Crippen molar-refractivity contribution in [1.29, 1.82) is 0 Å². The Morgan fingerprint density at radius 2 is 2.20 bits per heavy atom. The zero-order valence-electron chi connectivity index (χ0n) is 11.3. The largest absolute Gasteiger partial charge is 0.381 e. The van der Waals surface area contributed by atoms with Gasteiger partial charge < -0.3 is 15.0 Å². The summed E-state index contributed by atoms with van der Waals surface area (Å²) in [7, 11) is 0. The first-order valence-electron chi connectivity index (χ1n) is 7.04. The lowest BCUT2D eigenvalue weighted by Gasteiger charge is -2.20. The molecule has 3 rings (SSSR count). The van der Waals surface area contributed by atoms with Crippen LogP contribution < -0.4 is 10.2 Å². The van der Waals surface area contributed by atoms with E-state index < -0.39 is 0 Å². The van der Waals surface area contributed by atoms with Gasteiger partial charge in [-0.25, -0.2) is 0 Å². The molecule has 1 aromatic rings. The molecule has 2 amide bonds. The molecule has 1 aromatic carbocycles. The molecule has 0 saturated carbocycles. The minimum Gasteiger partial charge on any atom is -0.381 e. The van der Waals surface area contributed by atoms with E-state index in [0.717, 1.165) is 25.1 Å². The van der Waals surface area contributed by atoms with Gasteiger partial charge in [-0.2, -0.15) is 0 Å². The molecule has 2 saturated heterocycles. The Kier molecular flexibility index (Phi) is 3.69. The van der Waals surface area contributed by atoms with Crippen LogP contribution in [0.2, 0.25) is 0 Å². The summed E-state index contributed by atoms with van der Waals surface area (Å²) in [4.78, 5) is 25.8. The van der Waals surface area contributed by atoms with Gasteiger partial charge in [-0.1, -0.05) is 12.1 Å². The number of hydrogen-bond acceptors (Lipinski definition) is 3. The summed E-state index contributed by atoms with van der Waals surface area (Å²) in [5, 5.41) is 2.94. The Morgan fingerprint density at radius 1 is 1.35 bits per heavy atom. The van der Waals surface area contributed by atoms with E-state index in [-0.39, 0.29) is 17.7 Å². The minimum atomic E-state index is -0.0858. The van der Waals surface area contributed by atoms with Gasteiger partial charge in [0.05, 0.1) is 23.9 Å². The Morgan fingerprint density at radius 3 is 2.90 bits per heavy atom. The molecule has 0 spiro atoms. The number of benzene rings is 1. The van der Waals surface area contributed by atoms with E-state index in [1.54, 1.807) is 4.90 Å². The molecule has 0 aliphatic carbocycles. The third-order valence-corrected chi connectivity index (χ3v) is 3.83. The van der Waals surface area contributed by atoms with Gasteiger partial charge in [0.2, 0.25) is 11.8 Å². The van der Waals surface area contributed by atoms with Crippen molar-refractivity contribution in [2.24, 2.45) is 5.92 Å². The van der Waals surface area contributed by atoms with E-state index >= 15 is 0 Å². The van der Waals surface area contributed by atoms with Gasteiger partial charge in [-0.05, 0) is 25.0 Å². The molecule has 106 valence electrons. The molecule has 5 heteroatoms. The molecule has 0 radical (unpaired) electrons. The van der Waals surface area contributed by atoms with Gasteiger partial charge in [0.15, 0.2) is 0 Å². The zero-order chi connectivity index (χ0) is 13.9. The second-order valence-corrected chi connectivity index (χ2v) is 5.22. The zero-order valence-corrected chi connectivity index (χ0v) is 11.3. The second-order valence-electron chi connectivity index (χ2n) is 5.22. The minimum absolute atomic E-state index is 0.0263. The number of anilines is 2. The van der Waals surface area contributed by atoms with Crippen LogP contribution in [-0.4, -0.2) is 31.6 Å². The van der Waals surface area contributed by atoms with Gasteiger partial charge in [0.1, 0.15) is 0 Å². The number of carbonyl (C=O) groups excluding carboxylic acids is 2. The highest BCUT2D eigenvalue weighted by atomic mass is 16.5. The van der Waals surface area contributed by atoms with Crippen molar-refractivity contribution >= 4 is 23.2 Å². The maximum Gasteiger partial charge on any atom is 0.229 e. The van der Waals surface area contributed by atoms with Crippen molar-refractivity contribution < 1.29 is 14.3 Å². The molecule has 2 aliphatic rings. The molecule has 1 unspecified atom stereocenters. The van der Waals surface area contributed by atoms with E-state index in [0.29, 0.717) is 25.3 Å². The number of hydrogen-bond donors (Lipinski definition) is 1. The summed E-state index contributed by atoms with van der Waals surface area (Å²) in [6.07, 6.45) is 2.22. The lowest BCUT2D eigenvalue weighted by atomic mass is 10.1. The summed E-state index contributed by atoms with van der Waals surface area (Å²) < 4.78 is 5.24. The average Bonchev–Trinajstić information content (AvgIpc) is 3.10. The Bertz CT molecular complexity index is 524. The third kappa shape index (κ3) is 2.54. The van der Waals surface area contributed by atoms with E-state index in [9.17, 15) is 9.59 Å². The van der Waals surface area contributed by atoms with Crippen LogP contribution in [0.25, 0.3) is 0 Å². The van der Waals surface area contributed by atoms with Crippen LogP contribution in [0.15, 0.2) is 24.3 Å². The first-order valence-corrected chi connectivity index (χ1v) is 7.04. The lowest BCUT2D eigenvalue weighted by Crippen LogP contribution is -2.27. The van der Waals surface area contributed by atoms with Crippen molar-refractivity contribution in [3.8, 4) is 0 Å². The SMILES string of the molecule is O=C(Nc1ccccc1N1CCCC1=O)C1CCOC1. The van der Waals surface area contributed by atoms with Crippen molar-refractivity contribution in [2.45, 2.75) is 19.3 Å². The van der Waals surface area contributed by atoms with E-state index in [4.69, 9.17) is 4.74 Å². The fraction of sp³-hybridized carbons (Fsp3) is 0.467. The van der Waals surface area contributed by atoms with Gasteiger partial charge in [0.25, 0.3) is 0 Å². The quantitative estimate of drug-likeness (QED) is 0.914. The van der Waals surface area contributed by atoms with Crippen LogP contribution in [0.3, 0.4) is 0 Å². The Labute approximate surface area is 117 Å². The maximum absolute atomic E-state index is 12.2. The molecule has 1 atom stereocenters. The number of ether oxygens (including phenoxy) is 1. The summed E-state index contributed by atoms with van der Waals surface area (Å²) in [6.45, 7) is 1.85. The summed E-state index contributed by atoms with van der Waals surface area (Å²) in [5.74, 6) is 0.00910. The van der Waals surface area contributed by atoms with Crippen molar-refractivity contribution in [3.05, 3.63) is 24.3 Å². The topological polar surface area (TPSA) is 58.6 Å². The molecule has 2 aliphatic heterocycles. The fourth-order valence-electron chi connectivity index (χ4n) is 2.69. The predicted octanol–water partition coefficient (Wildman–Crippen LogP) is 1.79. The molecular formula is C15H18N2O3. The standard InChI is InChI=1S/C15H18N2O3/c18-14-6-3-8-17(14)13-5-2-1-4-12(13)16-15(19)11-7-9-20-10-11/h1-2,4-5,11H,3,6-10H2,(H,16,19). The molecule has 20 heavy (non-hydrogen) atoms. The molecule has 2 heterocycles. The predicted molar refractivity (Wildman–Crippen MR) is 75.6 cm³/mol. The number of amides is 2.